The quantitative estimate of drug-likeness (QED) is 0.787. The Kier molecular flexibility index (Phi) is 5.24. The molecule has 6 nitrogen and oxygen atoms in total. The SMILES string of the molecule is CCCNS(=O)(=O)Nc1ccc(OC)c(OC)c1. The summed E-state index contributed by atoms with van der Waals surface area (Å²) in [6, 6.07) is 4.80. The van der Waals surface area contributed by atoms with Gasteiger partial charge in [-0.3, -0.25) is 4.72 Å². The molecule has 0 spiro atoms. The van der Waals surface area contributed by atoms with Crippen molar-refractivity contribution in [2.24, 2.45) is 0 Å². The van der Waals surface area contributed by atoms with Gasteiger partial charge in [-0.1, -0.05) is 6.92 Å². The number of ether oxygens (including phenoxy) is 2. The van der Waals surface area contributed by atoms with Crippen LogP contribution in [-0.2, 0) is 10.2 Å². The van der Waals surface area contributed by atoms with Crippen molar-refractivity contribution in [3.8, 4) is 11.5 Å². The van der Waals surface area contributed by atoms with E-state index in [1.807, 2.05) is 6.92 Å². The van der Waals surface area contributed by atoms with Gasteiger partial charge in [0.15, 0.2) is 11.5 Å². The average molecular weight is 274 g/mol. The van der Waals surface area contributed by atoms with Gasteiger partial charge in [-0.2, -0.15) is 13.1 Å². The topological polar surface area (TPSA) is 76.7 Å². The third-order valence-corrected chi connectivity index (χ3v) is 3.27. The van der Waals surface area contributed by atoms with Crippen LogP contribution in [0.1, 0.15) is 13.3 Å². The summed E-state index contributed by atoms with van der Waals surface area (Å²) in [5, 5.41) is 0. The van der Waals surface area contributed by atoms with Crippen molar-refractivity contribution >= 4 is 15.9 Å². The average Bonchev–Trinajstić information content (AvgIpc) is 2.35. The van der Waals surface area contributed by atoms with Crippen LogP contribution in [0.3, 0.4) is 0 Å². The predicted octanol–water partition coefficient (Wildman–Crippen LogP) is 1.36. The van der Waals surface area contributed by atoms with E-state index in [1.165, 1.54) is 14.2 Å². The Labute approximate surface area is 107 Å². The molecule has 1 aromatic carbocycles. The molecule has 0 heterocycles. The van der Waals surface area contributed by atoms with E-state index >= 15 is 0 Å². The largest absolute Gasteiger partial charge is 0.493 e. The van der Waals surface area contributed by atoms with E-state index in [0.717, 1.165) is 6.42 Å². The minimum atomic E-state index is -3.54. The molecule has 0 atom stereocenters. The predicted molar refractivity (Wildman–Crippen MR) is 70.4 cm³/mol. The van der Waals surface area contributed by atoms with E-state index in [9.17, 15) is 8.42 Å². The van der Waals surface area contributed by atoms with Gasteiger partial charge in [-0.15, -0.1) is 0 Å². The lowest BCUT2D eigenvalue weighted by Crippen LogP contribution is -2.30. The monoisotopic (exact) mass is 274 g/mol. The molecule has 1 rings (SSSR count). The maximum Gasteiger partial charge on any atom is 0.299 e. The maximum absolute atomic E-state index is 11.6. The summed E-state index contributed by atoms with van der Waals surface area (Å²) in [7, 11) is -0.528. The van der Waals surface area contributed by atoms with E-state index in [4.69, 9.17) is 9.47 Å². The lowest BCUT2D eigenvalue weighted by molar-refractivity contribution is 0.355. The Balaban J connectivity index is 2.85. The number of hydrogen-bond acceptors (Lipinski definition) is 4. The smallest absolute Gasteiger partial charge is 0.299 e. The first-order valence-electron chi connectivity index (χ1n) is 5.52. The van der Waals surface area contributed by atoms with Crippen LogP contribution >= 0.6 is 0 Å². The number of methoxy groups -OCH3 is 2. The molecule has 1 aromatic rings. The zero-order valence-corrected chi connectivity index (χ0v) is 11.5. The number of anilines is 1. The van der Waals surface area contributed by atoms with E-state index in [1.54, 1.807) is 18.2 Å². The molecule has 0 bridgehead atoms. The van der Waals surface area contributed by atoms with Crippen LogP contribution in [-0.4, -0.2) is 29.2 Å². The van der Waals surface area contributed by atoms with Gasteiger partial charge in [-0.25, -0.2) is 0 Å². The summed E-state index contributed by atoms with van der Waals surface area (Å²) in [6.45, 7) is 2.28. The molecule has 0 aliphatic heterocycles. The highest BCUT2D eigenvalue weighted by atomic mass is 32.2. The zero-order chi connectivity index (χ0) is 13.6. The van der Waals surface area contributed by atoms with E-state index in [0.29, 0.717) is 23.7 Å². The summed E-state index contributed by atoms with van der Waals surface area (Å²) in [4.78, 5) is 0. The van der Waals surface area contributed by atoms with Crippen molar-refractivity contribution in [1.82, 2.24) is 4.72 Å². The number of rotatable bonds is 7. The first kappa shape index (κ1) is 14.6. The minimum Gasteiger partial charge on any atom is -0.493 e. The van der Waals surface area contributed by atoms with Crippen LogP contribution in [0, 0.1) is 0 Å². The first-order valence-corrected chi connectivity index (χ1v) is 7.00. The molecule has 0 radical (unpaired) electrons. The zero-order valence-electron chi connectivity index (χ0n) is 10.7. The highest BCUT2D eigenvalue weighted by molar-refractivity contribution is 7.90. The van der Waals surface area contributed by atoms with E-state index in [-0.39, 0.29) is 0 Å². The third kappa shape index (κ3) is 4.08. The molecule has 0 amide bonds. The van der Waals surface area contributed by atoms with Crippen LogP contribution in [0.5, 0.6) is 11.5 Å². The van der Waals surface area contributed by atoms with Gasteiger partial charge in [-0.05, 0) is 18.6 Å². The van der Waals surface area contributed by atoms with Crippen LogP contribution < -0.4 is 18.9 Å². The van der Waals surface area contributed by atoms with Crippen LogP contribution in [0.15, 0.2) is 18.2 Å². The molecule has 7 heteroatoms. The molecule has 102 valence electrons. The summed E-state index contributed by atoms with van der Waals surface area (Å²) in [5.41, 5.74) is 0.413. The number of nitrogens with one attached hydrogen (secondary N) is 2. The molecule has 0 aliphatic carbocycles. The standard InChI is InChI=1S/C11H18N2O4S/c1-4-7-12-18(14,15)13-9-5-6-10(16-2)11(8-9)17-3/h5-6,8,12-13H,4,7H2,1-3H3. The highest BCUT2D eigenvalue weighted by Gasteiger charge is 2.11. The molecule has 0 saturated carbocycles. The second kappa shape index (κ2) is 6.46. The lowest BCUT2D eigenvalue weighted by atomic mass is 10.3. The minimum absolute atomic E-state index is 0.391. The van der Waals surface area contributed by atoms with Gasteiger partial charge < -0.3 is 9.47 Å². The van der Waals surface area contributed by atoms with Gasteiger partial charge in [0.1, 0.15) is 0 Å². The Bertz CT molecular complexity index is 488. The van der Waals surface area contributed by atoms with Crippen LogP contribution in [0.2, 0.25) is 0 Å². The van der Waals surface area contributed by atoms with Gasteiger partial charge in [0, 0.05) is 12.6 Å². The van der Waals surface area contributed by atoms with Gasteiger partial charge in [0.2, 0.25) is 0 Å². The van der Waals surface area contributed by atoms with Crippen molar-refractivity contribution in [2.45, 2.75) is 13.3 Å². The Morgan fingerprint density at radius 1 is 1.17 bits per heavy atom. The fraction of sp³-hybridized carbons (Fsp3) is 0.455. The number of hydrogen-bond donors (Lipinski definition) is 2. The molecule has 0 aliphatic rings. The lowest BCUT2D eigenvalue weighted by Gasteiger charge is -2.12. The maximum atomic E-state index is 11.6. The molecular formula is C11H18N2O4S. The van der Waals surface area contributed by atoms with Crippen LogP contribution in [0.25, 0.3) is 0 Å². The second-order valence-corrected chi connectivity index (χ2v) is 5.07. The Morgan fingerprint density at radius 2 is 1.83 bits per heavy atom. The Hall–Kier alpha value is -1.47. The van der Waals surface area contributed by atoms with Gasteiger partial charge in [0.25, 0.3) is 10.2 Å². The fourth-order valence-electron chi connectivity index (χ4n) is 1.33. The Morgan fingerprint density at radius 3 is 2.39 bits per heavy atom. The van der Waals surface area contributed by atoms with Crippen LogP contribution in [0.4, 0.5) is 5.69 Å². The highest BCUT2D eigenvalue weighted by Crippen LogP contribution is 2.29. The normalized spacial score (nSPS) is 11.1. The molecule has 0 aromatic heterocycles. The van der Waals surface area contributed by atoms with Crippen molar-refractivity contribution in [1.29, 1.82) is 0 Å². The summed E-state index contributed by atoms with van der Waals surface area (Å²) in [5.74, 6) is 1.01. The molecule has 2 N–H and O–H groups in total. The van der Waals surface area contributed by atoms with Crippen molar-refractivity contribution in [2.75, 3.05) is 25.5 Å². The summed E-state index contributed by atoms with van der Waals surface area (Å²) >= 11 is 0. The molecule has 0 saturated heterocycles. The summed E-state index contributed by atoms with van der Waals surface area (Å²) < 4.78 is 38.2. The molecule has 0 fully saturated rings. The van der Waals surface area contributed by atoms with Gasteiger partial charge in [0.05, 0.1) is 19.9 Å². The van der Waals surface area contributed by atoms with E-state index in [2.05, 4.69) is 9.44 Å². The second-order valence-electron chi connectivity index (χ2n) is 3.57. The molecular weight excluding hydrogens is 256 g/mol. The van der Waals surface area contributed by atoms with E-state index < -0.39 is 10.2 Å². The van der Waals surface area contributed by atoms with Crippen molar-refractivity contribution in [3.05, 3.63) is 18.2 Å². The number of benzene rings is 1. The molecule has 18 heavy (non-hydrogen) atoms. The van der Waals surface area contributed by atoms with Gasteiger partial charge >= 0.3 is 0 Å². The summed E-state index contributed by atoms with van der Waals surface area (Å²) in [6.07, 6.45) is 0.729. The molecule has 0 unspecified atom stereocenters. The third-order valence-electron chi connectivity index (χ3n) is 2.18. The van der Waals surface area contributed by atoms with Crippen molar-refractivity contribution in [3.63, 3.8) is 0 Å². The first-order chi connectivity index (χ1) is 8.52. The van der Waals surface area contributed by atoms with Crippen molar-refractivity contribution < 1.29 is 17.9 Å². The fourth-order valence-corrected chi connectivity index (χ4v) is 2.31.